The molecule has 19 heavy (non-hydrogen) atoms. The van der Waals surface area contributed by atoms with Gasteiger partial charge in [0.05, 0.1) is 0 Å². The van der Waals surface area contributed by atoms with E-state index in [-0.39, 0.29) is 0 Å². The van der Waals surface area contributed by atoms with Crippen molar-refractivity contribution in [3.8, 4) is 0 Å². The van der Waals surface area contributed by atoms with E-state index in [1.165, 1.54) is 24.1 Å². The molecule has 0 bridgehead atoms. The summed E-state index contributed by atoms with van der Waals surface area (Å²) in [5, 5.41) is 3.80. The fourth-order valence-electron chi connectivity index (χ4n) is 3.69. The van der Waals surface area contributed by atoms with Crippen molar-refractivity contribution in [2.24, 2.45) is 16.7 Å². The second-order valence-corrected chi connectivity index (χ2v) is 7.19. The molecule has 1 fully saturated rings. The van der Waals surface area contributed by atoms with Gasteiger partial charge in [-0.05, 0) is 48.6 Å². The summed E-state index contributed by atoms with van der Waals surface area (Å²) in [5.41, 5.74) is 3.34. The molecule has 1 N–H and O–H groups in total. The standard InChI is InChI=1S/C18H29N/c1-7-18(6)16(12-14(3)17(18,4)5)19-15-10-8-13(2)9-11-15/h8-11,14,16,19H,7,12H2,1-6H3. The summed E-state index contributed by atoms with van der Waals surface area (Å²) in [6.45, 7) is 14.2. The molecule has 1 nitrogen and oxygen atoms in total. The summed E-state index contributed by atoms with van der Waals surface area (Å²) in [6, 6.07) is 9.37. The van der Waals surface area contributed by atoms with Crippen molar-refractivity contribution >= 4 is 5.69 Å². The van der Waals surface area contributed by atoms with Gasteiger partial charge in [-0.15, -0.1) is 0 Å². The fourth-order valence-corrected chi connectivity index (χ4v) is 3.69. The van der Waals surface area contributed by atoms with Gasteiger partial charge in [0.15, 0.2) is 0 Å². The van der Waals surface area contributed by atoms with Crippen LogP contribution in [0.2, 0.25) is 0 Å². The summed E-state index contributed by atoms with van der Waals surface area (Å²) < 4.78 is 0. The molecule has 0 heterocycles. The minimum atomic E-state index is 0.358. The van der Waals surface area contributed by atoms with Crippen molar-refractivity contribution in [2.45, 2.75) is 60.4 Å². The average Bonchev–Trinajstić information content (AvgIpc) is 2.54. The molecule has 1 heteroatoms. The van der Waals surface area contributed by atoms with Crippen LogP contribution in [0.5, 0.6) is 0 Å². The zero-order valence-electron chi connectivity index (χ0n) is 13.4. The minimum Gasteiger partial charge on any atom is -0.382 e. The second kappa shape index (κ2) is 4.85. The van der Waals surface area contributed by atoms with E-state index in [2.05, 4.69) is 71.1 Å². The van der Waals surface area contributed by atoms with Crippen LogP contribution in [0.1, 0.15) is 53.0 Å². The molecule has 1 aromatic carbocycles. The lowest BCUT2D eigenvalue weighted by Crippen LogP contribution is -2.42. The third-order valence-electron chi connectivity index (χ3n) is 6.19. The molecule has 1 saturated carbocycles. The highest BCUT2D eigenvalue weighted by atomic mass is 15.0. The molecule has 106 valence electrons. The van der Waals surface area contributed by atoms with E-state index in [0.29, 0.717) is 16.9 Å². The monoisotopic (exact) mass is 259 g/mol. The third-order valence-corrected chi connectivity index (χ3v) is 6.19. The van der Waals surface area contributed by atoms with Crippen LogP contribution in [0.15, 0.2) is 24.3 Å². The topological polar surface area (TPSA) is 12.0 Å². The van der Waals surface area contributed by atoms with Crippen LogP contribution in [-0.2, 0) is 0 Å². The molecule has 0 radical (unpaired) electrons. The quantitative estimate of drug-likeness (QED) is 0.781. The Bertz CT molecular complexity index is 432. The predicted molar refractivity (Wildman–Crippen MR) is 84.5 cm³/mol. The summed E-state index contributed by atoms with van der Waals surface area (Å²) >= 11 is 0. The maximum absolute atomic E-state index is 3.80. The maximum Gasteiger partial charge on any atom is 0.0342 e. The predicted octanol–water partition coefficient (Wildman–Crippen LogP) is 5.26. The Hall–Kier alpha value is -0.980. The van der Waals surface area contributed by atoms with E-state index in [0.717, 1.165) is 5.92 Å². The highest BCUT2D eigenvalue weighted by Gasteiger charge is 2.54. The number of benzene rings is 1. The van der Waals surface area contributed by atoms with Gasteiger partial charge >= 0.3 is 0 Å². The summed E-state index contributed by atoms with van der Waals surface area (Å²) in [7, 11) is 0. The van der Waals surface area contributed by atoms with E-state index in [9.17, 15) is 0 Å². The molecular formula is C18H29N. The summed E-state index contributed by atoms with van der Waals surface area (Å²) in [5.74, 6) is 0.764. The molecule has 1 aromatic rings. The molecule has 0 amide bonds. The number of nitrogens with one attached hydrogen (secondary N) is 1. The lowest BCUT2D eigenvalue weighted by Gasteiger charge is -2.43. The SMILES string of the molecule is CCC1(C)C(Nc2ccc(C)cc2)CC(C)C1(C)C. The lowest BCUT2D eigenvalue weighted by atomic mass is 9.63. The minimum absolute atomic E-state index is 0.358. The van der Waals surface area contributed by atoms with Gasteiger partial charge in [0.2, 0.25) is 0 Å². The van der Waals surface area contributed by atoms with Crippen LogP contribution in [0, 0.1) is 23.7 Å². The number of hydrogen-bond donors (Lipinski definition) is 1. The van der Waals surface area contributed by atoms with Crippen LogP contribution in [-0.4, -0.2) is 6.04 Å². The van der Waals surface area contributed by atoms with Crippen molar-refractivity contribution in [2.75, 3.05) is 5.32 Å². The molecule has 0 saturated heterocycles. The van der Waals surface area contributed by atoms with Gasteiger partial charge in [0, 0.05) is 11.7 Å². The molecule has 1 aliphatic carbocycles. The Balaban J connectivity index is 2.23. The van der Waals surface area contributed by atoms with Gasteiger partial charge in [-0.3, -0.25) is 0 Å². The van der Waals surface area contributed by atoms with E-state index in [1.54, 1.807) is 0 Å². The number of aryl methyl sites for hydroxylation is 1. The molecule has 0 aromatic heterocycles. The van der Waals surface area contributed by atoms with Crippen molar-refractivity contribution in [1.82, 2.24) is 0 Å². The molecule has 0 spiro atoms. The van der Waals surface area contributed by atoms with E-state index in [1.807, 2.05) is 0 Å². The highest BCUT2D eigenvalue weighted by Crippen LogP contribution is 2.58. The summed E-state index contributed by atoms with van der Waals surface area (Å²) in [4.78, 5) is 0. The van der Waals surface area contributed by atoms with Crippen molar-refractivity contribution < 1.29 is 0 Å². The number of anilines is 1. The van der Waals surface area contributed by atoms with Gasteiger partial charge in [0.25, 0.3) is 0 Å². The van der Waals surface area contributed by atoms with Crippen LogP contribution in [0.25, 0.3) is 0 Å². The van der Waals surface area contributed by atoms with Gasteiger partial charge in [-0.25, -0.2) is 0 Å². The lowest BCUT2D eigenvalue weighted by molar-refractivity contribution is 0.0845. The van der Waals surface area contributed by atoms with Crippen molar-refractivity contribution in [3.63, 3.8) is 0 Å². The first-order valence-corrected chi connectivity index (χ1v) is 7.64. The number of hydrogen-bond acceptors (Lipinski definition) is 1. The van der Waals surface area contributed by atoms with Gasteiger partial charge in [0.1, 0.15) is 0 Å². The zero-order chi connectivity index (χ0) is 14.3. The van der Waals surface area contributed by atoms with Gasteiger partial charge in [-0.1, -0.05) is 52.3 Å². The highest BCUT2D eigenvalue weighted by molar-refractivity contribution is 5.46. The van der Waals surface area contributed by atoms with Crippen LogP contribution < -0.4 is 5.32 Å². The molecule has 3 atom stereocenters. The molecule has 3 unspecified atom stereocenters. The van der Waals surface area contributed by atoms with Gasteiger partial charge < -0.3 is 5.32 Å². The maximum atomic E-state index is 3.80. The van der Waals surface area contributed by atoms with E-state index < -0.39 is 0 Å². The van der Waals surface area contributed by atoms with Crippen LogP contribution in [0.4, 0.5) is 5.69 Å². The first-order chi connectivity index (χ1) is 8.81. The third kappa shape index (κ3) is 2.28. The first kappa shape index (κ1) is 14.4. The van der Waals surface area contributed by atoms with Crippen molar-refractivity contribution in [3.05, 3.63) is 29.8 Å². The Kier molecular flexibility index (Phi) is 3.68. The van der Waals surface area contributed by atoms with Crippen LogP contribution >= 0.6 is 0 Å². The summed E-state index contributed by atoms with van der Waals surface area (Å²) in [6.07, 6.45) is 2.50. The smallest absolute Gasteiger partial charge is 0.0342 e. The Morgan fingerprint density at radius 3 is 2.26 bits per heavy atom. The van der Waals surface area contributed by atoms with Crippen LogP contribution in [0.3, 0.4) is 0 Å². The van der Waals surface area contributed by atoms with Crippen molar-refractivity contribution in [1.29, 1.82) is 0 Å². The first-order valence-electron chi connectivity index (χ1n) is 7.64. The molecule has 2 rings (SSSR count). The van der Waals surface area contributed by atoms with E-state index >= 15 is 0 Å². The van der Waals surface area contributed by atoms with E-state index in [4.69, 9.17) is 0 Å². The largest absolute Gasteiger partial charge is 0.382 e. The molecular weight excluding hydrogens is 230 g/mol. The zero-order valence-corrected chi connectivity index (χ0v) is 13.4. The molecule has 0 aliphatic heterocycles. The Labute approximate surface area is 118 Å². The normalized spacial score (nSPS) is 33.4. The Morgan fingerprint density at radius 1 is 1.16 bits per heavy atom. The number of rotatable bonds is 3. The fraction of sp³-hybridized carbons (Fsp3) is 0.667. The Morgan fingerprint density at radius 2 is 1.74 bits per heavy atom. The molecule has 1 aliphatic rings. The average molecular weight is 259 g/mol. The van der Waals surface area contributed by atoms with Gasteiger partial charge in [-0.2, -0.15) is 0 Å². The second-order valence-electron chi connectivity index (χ2n) is 7.19.